The quantitative estimate of drug-likeness (QED) is 0.562. The van der Waals surface area contributed by atoms with E-state index in [9.17, 15) is 9.18 Å². The van der Waals surface area contributed by atoms with E-state index in [-0.39, 0.29) is 0 Å². The summed E-state index contributed by atoms with van der Waals surface area (Å²) >= 11 is 0. The summed E-state index contributed by atoms with van der Waals surface area (Å²) in [6, 6.07) is 7.07. The number of alkyl halides is 1. The number of para-hydroxylation sites is 1. The monoisotopic (exact) mass is 177 g/mol. The van der Waals surface area contributed by atoms with Gasteiger partial charge in [0.05, 0.1) is 5.36 Å². The van der Waals surface area contributed by atoms with Crippen LogP contribution in [-0.2, 0) is 4.79 Å². The molecule has 1 atom stereocenters. The van der Waals surface area contributed by atoms with Crippen molar-refractivity contribution in [3.05, 3.63) is 34.8 Å². The van der Waals surface area contributed by atoms with Crippen LogP contribution in [0.5, 0.6) is 0 Å². The van der Waals surface area contributed by atoms with Crippen molar-refractivity contribution in [2.75, 3.05) is 0 Å². The van der Waals surface area contributed by atoms with Crippen LogP contribution in [0.3, 0.4) is 0 Å². The summed E-state index contributed by atoms with van der Waals surface area (Å²) in [6.45, 7) is 1.62. The summed E-state index contributed by atoms with van der Waals surface area (Å²) < 4.78 is 13.2. The minimum Gasteiger partial charge on any atom is -0.269 e. The minimum atomic E-state index is -1.56. The number of hydrogen-bond acceptors (Lipinski definition) is 1. The molecule has 0 fully saturated rings. The molecule has 13 heavy (non-hydrogen) atoms. The van der Waals surface area contributed by atoms with Gasteiger partial charge in [0.15, 0.2) is 0 Å². The fourth-order valence-corrected chi connectivity index (χ4v) is 1.40. The first-order valence-electron chi connectivity index (χ1n) is 4.02. The molecule has 1 heterocycles. The number of carbonyl (C=O) groups excluding carboxylic acids is 1. The number of halogens is 1. The Kier molecular flexibility index (Phi) is 1.72. The lowest BCUT2D eigenvalue weighted by Gasteiger charge is -2.08. The van der Waals surface area contributed by atoms with Crippen molar-refractivity contribution >= 4 is 11.5 Å². The standard InChI is InChI=1S/C10H8FNO/c1-6-7-4-2-3-5-8(7)12-10(13)9(6)11/h2-5,9H,1H3/t9-/m1/s1. The summed E-state index contributed by atoms with van der Waals surface area (Å²) in [5.74, 6) is -0.698. The first-order valence-corrected chi connectivity index (χ1v) is 4.02. The summed E-state index contributed by atoms with van der Waals surface area (Å²) in [6.07, 6.45) is -1.56. The molecule has 0 saturated heterocycles. The SMILES string of the molecule is CC1=c2ccccc2=NC(=O)[C@@H]1F. The zero-order valence-electron chi connectivity index (χ0n) is 7.12. The average Bonchev–Trinajstić information content (AvgIpc) is 2.15. The Labute approximate surface area is 74.4 Å². The van der Waals surface area contributed by atoms with E-state index in [1.54, 1.807) is 31.2 Å². The molecule has 2 rings (SSSR count). The summed E-state index contributed by atoms with van der Waals surface area (Å²) in [5, 5.41) is 1.30. The van der Waals surface area contributed by atoms with E-state index in [1.165, 1.54) is 0 Å². The van der Waals surface area contributed by atoms with Crippen LogP contribution in [0, 0.1) is 0 Å². The van der Waals surface area contributed by atoms with E-state index in [1.807, 2.05) is 0 Å². The van der Waals surface area contributed by atoms with Crippen molar-refractivity contribution in [3.8, 4) is 0 Å². The molecule has 1 aromatic carbocycles. The lowest BCUT2D eigenvalue weighted by Crippen LogP contribution is -2.37. The summed E-state index contributed by atoms with van der Waals surface area (Å²) in [4.78, 5) is 14.6. The van der Waals surface area contributed by atoms with Gasteiger partial charge in [-0.25, -0.2) is 9.38 Å². The lowest BCUT2D eigenvalue weighted by atomic mass is 10.1. The second-order valence-electron chi connectivity index (χ2n) is 3.01. The van der Waals surface area contributed by atoms with E-state index < -0.39 is 12.1 Å². The number of rotatable bonds is 0. The highest BCUT2D eigenvalue weighted by atomic mass is 19.1. The van der Waals surface area contributed by atoms with E-state index in [0.29, 0.717) is 10.9 Å². The number of hydrogen-bond donors (Lipinski definition) is 0. The molecule has 0 bridgehead atoms. The van der Waals surface area contributed by atoms with Crippen LogP contribution < -0.4 is 10.6 Å². The molecule has 0 unspecified atom stereocenters. The topological polar surface area (TPSA) is 29.4 Å². The first kappa shape index (κ1) is 8.10. The number of carbonyl (C=O) groups is 1. The van der Waals surface area contributed by atoms with Crippen LogP contribution >= 0.6 is 0 Å². The normalized spacial score (nSPS) is 20.9. The van der Waals surface area contributed by atoms with Crippen molar-refractivity contribution < 1.29 is 9.18 Å². The Morgan fingerprint density at radius 1 is 1.38 bits per heavy atom. The maximum atomic E-state index is 13.2. The zero-order chi connectivity index (χ0) is 9.42. The van der Waals surface area contributed by atoms with Crippen LogP contribution in [0.25, 0.3) is 5.57 Å². The van der Waals surface area contributed by atoms with Crippen molar-refractivity contribution in [2.24, 2.45) is 4.99 Å². The highest BCUT2D eigenvalue weighted by molar-refractivity contribution is 5.91. The van der Waals surface area contributed by atoms with E-state index in [2.05, 4.69) is 4.99 Å². The molecule has 1 aliphatic rings. The third kappa shape index (κ3) is 1.16. The molecule has 0 saturated carbocycles. The maximum absolute atomic E-state index is 13.2. The van der Waals surface area contributed by atoms with Crippen molar-refractivity contribution in [1.29, 1.82) is 0 Å². The van der Waals surface area contributed by atoms with Crippen LogP contribution in [0.1, 0.15) is 6.92 Å². The van der Waals surface area contributed by atoms with Gasteiger partial charge < -0.3 is 0 Å². The Bertz CT molecular complexity index is 478. The summed E-state index contributed by atoms with van der Waals surface area (Å²) in [7, 11) is 0. The molecule has 0 radical (unpaired) electrons. The van der Waals surface area contributed by atoms with Crippen molar-refractivity contribution in [1.82, 2.24) is 0 Å². The molecule has 0 aromatic heterocycles. The third-order valence-corrected chi connectivity index (χ3v) is 2.16. The third-order valence-electron chi connectivity index (χ3n) is 2.16. The Balaban J connectivity index is 2.89. The number of benzene rings is 1. The molecule has 2 nitrogen and oxygen atoms in total. The Morgan fingerprint density at radius 3 is 2.85 bits per heavy atom. The fraction of sp³-hybridized carbons (Fsp3) is 0.200. The summed E-state index contributed by atoms with van der Waals surface area (Å²) in [5.41, 5.74) is 0.454. The average molecular weight is 177 g/mol. The predicted molar refractivity (Wildman–Crippen MR) is 46.2 cm³/mol. The highest BCUT2D eigenvalue weighted by Crippen LogP contribution is 2.08. The molecular formula is C10H8FNO. The van der Waals surface area contributed by atoms with Gasteiger partial charge in [-0.2, -0.15) is 0 Å². The first-order chi connectivity index (χ1) is 6.20. The lowest BCUT2D eigenvalue weighted by molar-refractivity contribution is -0.121. The largest absolute Gasteiger partial charge is 0.285 e. The Hall–Kier alpha value is -1.51. The smallest absolute Gasteiger partial charge is 0.269 e. The van der Waals surface area contributed by atoms with Gasteiger partial charge in [-0.05, 0) is 18.6 Å². The molecule has 66 valence electrons. The van der Waals surface area contributed by atoms with Gasteiger partial charge in [0.2, 0.25) is 6.17 Å². The molecule has 0 aliphatic carbocycles. The van der Waals surface area contributed by atoms with Gasteiger partial charge in [0.25, 0.3) is 5.91 Å². The van der Waals surface area contributed by atoms with E-state index >= 15 is 0 Å². The van der Waals surface area contributed by atoms with Gasteiger partial charge in [0, 0.05) is 5.22 Å². The van der Waals surface area contributed by atoms with Crippen molar-refractivity contribution in [3.63, 3.8) is 0 Å². The van der Waals surface area contributed by atoms with Crippen molar-refractivity contribution in [2.45, 2.75) is 13.1 Å². The van der Waals surface area contributed by atoms with Crippen LogP contribution in [0.4, 0.5) is 4.39 Å². The number of amides is 1. The molecule has 1 aromatic rings. The predicted octanol–water partition coefficient (Wildman–Crippen LogP) is 0.355. The zero-order valence-corrected chi connectivity index (χ0v) is 7.12. The Morgan fingerprint density at radius 2 is 2.08 bits per heavy atom. The van der Waals surface area contributed by atoms with Crippen LogP contribution in [0.2, 0.25) is 0 Å². The van der Waals surface area contributed by atoms with Crippen LogP contribution in [0.15, 0.2) is 29.3 Å². The number of nitrogens with zero attached hydrogens (tertiary/aromatic N) is 1. The van der Waals surface area contributed by atoms with Gasteiger partial charge in [0.1, 0.15) is 0 Å². The van der Waals surface area contributed by atoms with Gasteiger partial charge in [-0.15, -0.1) is 0 Å². The van der Waals surface area contributed by atoms with Gasteiger partial charge in [-0.1, -0.05) is 18.2 Å². The second-order valence-corrected chi connectivity index (χ2v) is 3.01. The maximum Gasteiger partial charge on any atom is 0.285 e. The van der Waals surface area contributed by atoms with Gasteiger partial charge >= 0.3 is 0 Å². The molecular weight excluding hydrogens is 169 g/mol. The van der Waals surface area contributed by atoms with Crippen LogP contribution in [-0.4, -0.2) is 12.1 Å². The second kappa shape index (κ2) is 2.76. The van der Waals surface area contributed by atoms with Gasteiger partial charge in [-0.3, -0.25) is 4.79 Å². The minimum absolute atomic E-state index is 0.454. The number of fused-ring (bicyclic) bond motifs is 1. The molecule has 0 spiro atoms. The fourth-order valence-electron chi connectivity index (χ4n) is 1.40. The molecule has 1 amide bonds. The van der Waals surface area contributed by atoms with E-state index in [0.717, 1.165) is 5.22 Å². The molecule has 3 heteroatoms. The van der Waals surface area contributed by atoms with E-state index in [4.69, 9.17) is 0 Å². The highest BCUT2D eigenvalue weighted by Gasteiger charge is 2.22. The molecule has 1 aliphatic heterocycles. The molecule has 0 N–H and O–H groups in total.